The quantitative estimate of drug-likeness (QED) is 0.451. The fraction of sp³-hybridized carbons (Fsp3) is 0.333. The van der Waals surface area contributed by atoms with Gasteiger partial charge in [-0.3, -0.25) is 9.79 Å². The van der Waals surface area contributed by atoms with Crippen LogP contribution < -0.4 is 16.0 Å². The Morgan fingerprint density at radius 2 is 1.85 bits per heavy atom. The van der Waals surface area contributed by atoms with Crippen molar-refractivity contribution in [3.8, 4) is 0 Å². The van der Waals surface area contributed by atoms with Gasteiger partial charge in [0.2, 0.25) is 5.95 Å². The predicted molar refractivity (Wildman–Crippen MR) is 101 cm³/mol. The molecule has 142 valence electrons. The molecule has 3 rings (SSSR count). The first-order chi connectivity index (χ1) is 13.1. The standard InChI is InChI=1S/C18H22FN7O/c19-15-5-2-1-4-14(15)16(27)21-8-9-22-17(20)25-10-12-26(13-11-25)18-23-6-3-7-24-18/h1-7H,8-13H2,(H2,20,22)(H,21,27). The lowest BCUT2D eigenvalue weighted by molar-refractivity contribution is 0.0950. The molecule has 3 N–H and O–H groups in total. The third kappa shape index (κ3) is 4.90. The van der Waals surface area contributed by atoms with Crippen molar-refractivity contribution < 1.29 is 9.18 Å². The van der Waals surface area contributed by atoms with E-state index in [9.17, 15) is 9.18 Å². The molecular formula is C18H22FN7O. The molecule has 1 fully saturated rings. The van der Waals surface area contributed by atoms with Crippen LogP contribution in [-0.2, 0) is 0 Å². The second kappa shape index (κ2) is 8.93. The van der Waals surface area contributed by atoms with Crippen LogP contribution in [0.25, 0.3) is 0 Å². The summed E-state index contributed by atoms with van der Waals surface area (Å²) in [6.45, 7) is 3.55. The largest absolute Gasteiger partial charge is 0.370 e. The zero-order valence-electron chi connectivity index (χ0n) is 14.9. The van der Waals surface area contributed by atoms with Gasteiger partial charge in [0, 0.05) is 45.1 Å². The average Bonchev–Trinajstić information content (AvgIpc) is 2.72. The van der Waals surface area contributed by atoms with Crippen molar-refractivity contribution in [1.82, 2.24) is 20.2 Å². The Balaban J connectivity index is 1.42. The molecule has 1 aliphatic heterocycles. The van der Waals surface area contributed by atoms with Gasteiger partial charge in [0.05, 0.1) is 12.1 Å². The summed E-state index contributed by atoms with van der Waals surface area (Å²) in [6.07, 6.45) is 3.44. The van der Waals surface area contributed by atoms with Crippen LogP contribution in [0.2, 0.25) is 0 Å². The minimum atomic E-state index is -0.543. The Morgan fingerprint density at radius 3 is 2.56 bits per heavy atom. The van der Waals surface area contributed by atoms with Gasteiger partial charge in [-0.05, 0) is 18.2 Å². The average molecular weight is 371 g/mol. The van der Waals surface area contributed by atoms with Gasteiger partial charge >= 0.3 is 0 Å². The number of hydrogen-bond acceptors (Lipinski definition) is 5. The molecule has 0 aliphatic carbocycles. The molecule has 8 nitrogen and oxygen atoms in total. The number of nitrogens with one attached hydrogen (secondary N) is 1. The van der Waals surface area contributed by atoms with Crippen LogP contribution in [0.15, 0.2) is 47.7 Å². The highest BCUT2D eigenvalue weighted by molar-refractivity contribution is 5.94. The van der Waals surface area contributed by atoms with E-state index in [0.717, 1.165) is 26.2 Å². The van der Waals surface area contributed by atoms with Gasteiger partial charge in [-0.15, -0.1) is 0 Å². The Kier molecular flexibility index (Phi) is 6.14. The van der Waals surface area contributed by atoms with Crippen molar-refractivity contribution in [3.05, 3.63) is 54.1 Å². The van der Waals surface area contributed by atoms with E-state index in [1.54, 1.807) is 30.6 Å². The maximum atomic E-state index is 13.5. The number of carbonyl (C=O) groups excluding carboxylic acids is 1. The number of nitrogens with two attached hydrogens (primary N) is 1. The summed E-state index contributed by atoms with van der Waals surface area (Å²) in [5.74, 6) is 0.143. The van der Waals surface area contributed by atoms with Crippen molar-refractivity contribution in [1.29, 1.82) is 0 Å². The molecule has 0 radical (unpaired) electrons. The van der Waals surface area contributed by atoms with Gasteiger partial charge in [-0.2, -0.15) is 0 Å². The van der Waals surface area contributed by atoms with E-state index >= 15 is 0 Å². The number of aromatic nitrogens is 2. The molecule has 0 spiro atoms. The minimum Gasteiger partial charge on any atom is -0.370 e. The molecule has 0 atom stereocenters. The van der Waals surface area contributed by atoms with Crippen LogP contribution in [0.1, 0.15) is 10.4 Å². The number of benzene rings is 1. The molecule has 0 saturated carbocycles. The summed E-state index contributed by atoms with van der Waals surface area (Å²) < 4.78 is 13.5. The fourth-order valence-corrected chi connectivity index (χ4v) is 2.77. The number of hydrogen-bond donors (Lipinski definition) is 2. The number of aliphatic imine (C=N–C) groups is 1. The van der Waals surface area contributed by atoms with Crippen molar-refractivity contribution in [2.45, 2.75) is 0 Å². The number of halogens is 1. The lowest BCUT2D eigenvalue weighted by Crippen LogP contribution is -2.51. The van der Waals surface area contributed by atoms with Crippen molar-refractivity contribution in [3.63, 3.8) is 0 Å². The zero-order valence-corrected chi connectivity index (χ0v) is 14.9. The first-order valence-electron chi connectivity index (χ1n) is 8.74. The second-order valence-corrected chi connectivity index (χ2v) is 6.00. The fourth-order valence-electron chi connectivity index (χ4n) is 2.77. The molecular weight excluding hydrogens is 349 g/mol. The van der Waals surface area contributed by atoms with Gasteiger partial charge in [0.25, 0.3) is 5.91 Å². The van der Waals surface area contributed by atoms with Crippen LogP contribution in [0.3, 0.4) is 0 Å². The Morgan fingerprint density at radius 1 is 1.15 bits per heavy atom. The smallest absolute Gasteiger partial charge is 0.254 e. The molecule has 0 unspecified atom stereocenters. The molecule has 1 aliphatic rings. The molecule has 2 aromatic rings. The highest BCUT2D eigenvalue weighted by atomic mass is 19.1. The van der Waals surface area contributed by atoms with Crippen LogP contribution >= 0.6 is 0 Å². The van der Waals surface area contributed by atoms with Crippen LogP contribution in [0.5, 0.6) is 0 Å². The number of amides is 1. The Hall–Kier alpha value is -3.23. The van der Waals surface area contributed by atoms with Gasteiger partial charge in [-0.1, -0.05) is 12.1 Å². The van der Waals surface area contributed by atoms with Crippen LogP contribution in [0, 0.1) is 5.82 Å². The number of rotatable bonds is 5. The SMILES string of the molecule is NC(=NCCNC(=O)c1ccccc1F)N1CCN(c2ncccn2)CC1. The Bertz CT molecular complexity index is 791. The molecule has 1 aromatic heterocycles. The highest BCUT2D eigenvalue weighted by Crippen LogP contribution is 2.09. The van der Waals surface area contributed by atoms with E-state index in [1.807, 2.05) is 4.90 Å². The number of carbonyl (C=O) groups is 1. The molecule has 1 amide bonds. The normalized spacial score (nSPS) is 14.9. The van der Waals surface area contributed by atoms with Crippen molar-refractivity contribution in [2.24, 2.45) is 10.7 Å². The predicted octanol–water partition coefficient (Wildman–Crippen LogP) is 0.482. The first-order valence-corrected chi connectivity index (χ1v) is 8.74. The van der Waals surface area contributed by atoms with E-state index in [2.05, 4.69) is 25.2 Å². The molecule has 1 saturated heterocycles. The van der Waals surface area contributed by atoms with Crippen LogP contribution in [0.4, 0.5) is 10.3 Å². The summed E-state index contributed by atoms with van der Waals surface area (Å²) in [5.41, 5.74) is 6.06. The lowest BCUT2D eigenvalue weighted by atomic mass is 10.2. The minimum absolute atomic E-state index is 0.0219. The molecule has 0 bridgehead atoms. The summed E-state index contributed by atoms with van der Waals surface area (Å²) in [6, 6.07) is 7.65. The molecule has 2 heterocycles. The summed E-state index contributed by atoms with van der Waals surface area (Å²) in [7, 11) is 0. The zero-order chi connectivity index (χ0) is 19.1. The first kappa shape index (κ1) is 18.6. The second-order valence-electron chi connectivity index (χ2n) is 6.00. The van der Waals surface area contributed by atoms with Crippen molar-refractivity contribution >= 4 is 17.8 Å². The summed E-state index contributed by atoms with van der Waals surface area (Å²) >= 11 is 0. The third-order valence-electron chi connectivity index (χ3n) is 4.23. The topological polar surface area (TPSA) is 99.7 Å². The molecule has 1 aromatic carbocycles. The van der Waals surface area contributed by atoms with Gasteiger partial charge < -0.3 is 20.9 Å². The van der Waals surface area contributed by atoms with E-state index < -0.39 is 11.7 Å². The number of anilines is 1. The van der Waals surface area contributed by atoms with Crippen molar-refractivity contribution in [2.75, 3.05) is 44.2 Å². The third-order valence-corrected chi connectivity index (χ3v) is 4.23. The van der Waals surface area contributed by atoms with E-state index in [1.165, 1.54) is 12.1 Å². The van der Waals surface area contributed by atoms with E-state index in [0.29, 0.717) is 18.5 Å². The summed E-state index contributed by atoms with van der Waals surface area (Å²) in [4.78, 5) is 28.8. The van der Waals surface area contributed by atoms with Gasteiger partial charge in [0.15, 0.2) is 5.96 Å². The Labute approximate surface area is 156 Å². The van der Waals surface area contributed by atoms with E-state index in [-0.39, 0.29) is 12.1 Å². The van der Waals surface area contributed by atoms with E-state index in [4.69, 9.17) is 5.73 Å². The molecule has 27 heavy (non-hydrogen) atoms. The maximum absolute atomic E-state index is 13.5. The monoisotopic (exact) mass is 371 g/mol. The van der Waals surface area contributed by atoms with Gasteiger partial charge in [0.1, 0.15) is 5.82 Å². The maximum Gasteiger partial charge on any atom is 0.254 e. The number of guanidine groups is 1. The summed E-state index contributed by atoms with van der Waals surface area (Å²) in [5, 5.41) is 2.64. The molecule has 9 heteroatoms. The lowest BCUT2D eigenvalue weighted by Gasteiger charge is -2.35. The highest BCUT2D eigenvalue weighted by Gasteiger charge is 2.19. The number of piperazine rings is 1. The van der Waals surface area contributed by atoms with Crippen LogP contribution in [-0.4, -0.2) is 66.0 Å². The van der Waals surface area contributed by atoms with Gasteiger partial charge in [-0.25, -0.2) is 14.4 Å². The number of nitrogens with zero attached hydrogens (tertiary/aromatic N) is 5.